The zero-order valence-electron chi connectivity index (χ0n) is 17.3. The number of aryl methyl sites for hydroxylation is 1. The normalized spacial score (nSPS) is 24.1. The molecule has 1 aliphatic carbocycles. The summed E-state index contributed by atoms with van der Waals surface area (Å²) in [5, 5.41) is 8.98. The smallest absolute Gasteiger partial charge is 0.262 e. The van der Waals surface area contributed by atoms with E-state index < -0.39 is 10.0 Å². The molecule has 2 bridgehead atoms. The van der Waals surface area contributed by atoms with E-state index in [-0.39, 0.29) is 11.1 Å². The molecule has 8 nitrogen and oxygen atoms in total. The molecule has 2 unspecified atom stereocenters. The molecule has 2 atom stereocenters. The Bertz CT molecular complexity index is 1010. The van der Waals surface area contributed by atoms with E-state index in [1.807, 2.05) is 12.1 Å². The van der Waals surface area contributed by atoms with Crippen molar-refractivity contribution in [2.24, 2.45) is 18.9 Å². The van der Waals surface area contributed by atoms with Crippen LogP contribution in [0, 0.1) is 23.2 Å². The van der Waals surface area contributed by atoms with Crippen LogP contribution in [0.3, 0.4) is 0 Å². The number of aromatic nitrogens is 2. The van der Waals surface area contributed by atoms with Crippen molar-refractivity contribution >= 4 is 10.0 Å². The summed E-state index contributed by atoms with van der Waals surface area (Å²) in [5.41, 5.74) is 0.616. The summed E-state index contributed by atoms with van der Waals surface area (Å²) < 4.78 is 35.1. The van der Waals surface area contributed by atoms with Crippen LogP contribution in [-0.4, -0.2) is 66.5 Å². The van der Waals surface area contributed by atoms with Crippen LogP contribution in [0.25, 0.3) is 0 Å². The topological polar surface area (TPSA) is 91.5 Å². The number of fused-ring (bicyclic) bond motifs is 2. The van der Waals surface area contributed by atoms with E-state index in [4.69, 9.17) is 10.00 Å². The lowest BCUT2D eigenvalue weighted by Crippen LogP contribution is -2.53. The molecule has 1 aromatic heterocycles. The molecule has 2 heterocycles. The van der Waals surface area contributed by atoms with Gasteiger partial charge in [-0.2, -0.15) is 9.57 Å². The van der Waals surface area contributed by atoms with E-state index in [9.17, 15) is 8.42 Å². The number of sulfonamides is 1. The van der Waals surface area contributed by atoms with Crippen molar-refractivity contribution in [1.29, 1.82) is 5.26 Å². The van der Waals surface area contributed by atoms with E-state index in [0.29, 0.717) is 24.0 Å². The van der Waals surface area contributed by atoms with Crippen molar-refractivity contribution in [2.45, 2.75) is 23.9 Å². The van der Waals surface area contributed by atoms with Crippen molar-refractivity contribution in [2.75, 3.05) is 33.3 Å². The van der Waals surface area contributed by atoms with Gasteiger partial charge in [-0.3, -0.25) is 4.90 Å². The van der Waals surface area contributed by atoms with Gasteiger partial charge in [0, 0.05) is 46.0 Å². The minimum atomic E-state index is -3.58. The fourth-order valence-electron chi connectivity index (χ4n) is 4.82. The minimum Gasteiger partial charge on any atom is -0.492 e. The number of nitriles is 1. The minimum absolute atomic E-state index is 0.0210. The first kappa shape index (κ1) is 20.8. The lowest BCUT2D eigenvalue weighted by atomic mass is 9.92. The molecule has 9 heteroatoms. The van der Waals surface area contributed by atoms with E-state index >= 15 is 0 Å². The molecule has 30 heavy (non-hydrogen) atoms. The highest BCUT2D eigenvalue weighted by Gasteiger charge is 2.47. The number of likely N-dealkylation sites (tertiary alicyclic amines) is 1. The second-order valence-corrected chi connectivity index (χ2v) is 10.2. The van der Waals surface area contributed by atoms with Crippen molar-refractivity contribution in [1.82, 2.24) is 18.8 Å². The highest BCUT2D eigenvalue weighted by Crippen LogP contribution is 2.41. The Balaban J connectivity index is 1.34. The third-order valence-electron chi connectivity index (χ3n) is 6.26. The van der Waals surface area contributed by atoms with Crippen molar-refractivity contribution in [3.63, 3.8) is 0 Å². The predicted molar refractivity (Wildman–Crippen MR) is 111 cm³/mol. The van der Waals surface area contributed by atoms with Crippen LogP contribution < -0.4 is 4.74 Å². The molecular formula is C21H27N5O3S. The third kappa shape index (κ3) is 4.08. The quantitative estimate of drug-likeness (QED) is 0.665. The fourth-order valence-corrected chi connectivity index (χ4v) is 6.26. The summed E-state index contributed by atoms with van der Waals surface area (Å²) in [6.07, 6.45) is 5.17. The average Bonchev–Trinajstić information content (AvgIpc) is 3.29. The molecule has 2 aromatic rings. The predicted octanol–water partition coefficient (Wildman–Crippen LogP) is 1.70. The van der Waals surface area contributed by atoms with Gasteiger partial charge in [-0.1, -0.05) is 0 Å². The van der Waals surface area contributed by atoms with Gasteiger partial charge in [0.05, 0.1) is 18.0 Å². The highest BCUT2D eigenvalue weighted by molar-refractivity contribution is 7.89. The molecule has 2 fully saturated rings. The van der Waals surface area contributed by atoms with Gasteiger partial charge in [0.1, 0.15) is 12.4 Å². The zero-order valence-corrected chi connectivity index (χ0v) is 18.1. The number of ether oxygens (including phenoxy) is 1. The molecule has 160 valence electrons. The summed E-state index contributed by atoms with van der Waals surface area (Å²) in [5.74, 6) is 1.40. The van der Waals surface area contributed by atoms with Gasteiger partial charge in [-0.05, 0) is 48.9 Å². The zero-order chi connectivity index (χ0) is 21.3. The van der Waals surface area contributed by atoms with Crippen LogP contribution in [0.1, 0.15) is 18.4 Å². The first-order valence-electron chi connectivity index (χ1n) is 10.2. The molecule has 0 amide bonds. The molecule has 1 saturated heterocycles. The number of hydrogen-bond acceptors (Lipinski definition) is 6. The van der Waals surface area contributed by atoms with Gasteiger partial charge in [0.15, 0.2) is 5.03 Å². The number of rotatable bonds is 7. The standard InChI is InChI=1S/C21H27N5O3S/c1-24-14-20(23-15-24)30(27,28)25(2)21-17-5-6-18(21)13-26(12-17)9-10-29-19-7-3-16(11-22)4-8-19/h3-4,7-8,14-15,17-18,21H,5-6,9-10,12-13H2,1-2H3. The third-order valence-corrected chi connectivity index (χ3v) is 8.00. The van der Waals surface area contributed by atoms with Gasteiger partial charge >= 0.3 is 0 Å². The second-order valence-electron chi connectivity index (χ2n) is 8.23. The Hall–Kier alpha value is -2.41. The SMILES string of the molecule is CN(C1C2CCC1CN(CCOc1ccc(C#N)cc1)C2)S(=O)(=O)c1cn(C)cn1. The largest absolute Gasteiger partial charge is 0.492 e. The van der Waals surface area contributed by atoms with Crippen LogP contribution in [0.5, 0.6) is 5.75 Å². The van der Waals surface area contributed by atoms with Crippen LogP contribution in [-0.2, 0) is 17.1 Å². The van der Waals surface area contributed by atoms with Crippen LogP contribution in [0.2, 0.25) is 0 Å². The van der Waals surface area contributed by atoms with E-state index in [2.05, 4.69) is 16.0 Å². The molecule has 1 aliphatic heterocycles. The number of imidazole rings is 1. The number of piperidine rings is 1. The van der Waals surface area contributed by atoms with Crippen molar-refractivity contribution in [3.05, 3.63) is 42.4 Å². The summed E-state index contributed by atoms with van der Waals surface area (Å²) in [4.78, 5) is 6.44. The Labute approximate surface area is 177 Å². The maximum absolute atomic E-state index is 13.0. The van der Waals surface area contributed by atoms with Gasteiger partial charge in [0.25, 0.3) is 10.0 Å². The van der Waals surface area contributed by atoms with Gasteiger partial charge in [-0.25, -0.2) is 13.4 Å². The molecule has 0 radical (unpaired) electrons. The Morgan fingerprint density at radius 1 is 1.23 bits per heavy atom. The van der Waals surface area contributed by atoms with Crippen LogP contribution >= 0.6 is 0 Å². The molecule has 4 rings (SSSR count). The molecule has 2 aliphatic rings. The number of hydrogen-bond donors (Lipinski definition) is 0. The maximum Gasteiger partial charge on any atom is 0.262 e. The van der Waals surface area contributed by atoms with Gasteiger partial charge in [0.2, 0.25) is 0 Å². The Morgan fingerprint density at radius 3 is 2.47 bits per heavy atom. The van der Waals surface area contributed by atoms with Gasteiger partial charge in [-0.15, -0.1) is 0 Å². The molecule has 1 aromatic carbocycles. The van der Waals surface area contributed by atoms with E-state index in [0.717, 1.165) is 38.2 Å². The Kier molecular flexibility index (Phi) is 5.82. The average molecular weight is 430 g/mol. The maximum atomic E-state index is 13.0. The summed E-state index contributed by atoms with van der Waals surface area (Å²) in [6, 6.07) is 9.24. The lowest BCUT2D eigenvalue weighted by molar-refractivity contribution is 0.0873. The summed E-state index contributed by atoms with van der Waals surface area (Å²) >= 11 is 0. The number of nitrogens with zero attached hydrogens (tertiary/aromatic N) is 5. The summed E-state index contributed by atoms with van der Waals surface area (Å²) in [6.45, 7) is 3.12. The monoisotopic (exact) mass is 429 g/mol. The molecule has 0 spiro atoms. The van der Waals surface area contributed by atoms with Crippen molar-refractivity contribution in [3.8, 4) is 11.8 Å². The molecule has 0 N–H and O–H groups in total. The first-order valence-corrected chi connectivity index (χ1v) is 11.6. The number of benzene rings is 1. The first-order chi connectivity index (χ1) is 14.4. The van der Waals surface area contributed by atoms with Gasteiger partial charge < -0.3 is 9.30 Å². The lowest BCUT2D eigenvalue weighted by Gasteiger charge is -2.41. The second kappa shape index (κ2) is 8.38. The van der Waals surface area contributed by atoms with Crippen LogP contribution in [0.4, 0.5) is 0 Å². The fraction of sp³-hybridized carbons (Fsp3) is 0.524. The Morgan fingerprint density at radius 2 is 1.90 bits per heavy atom. The van der Waals surface area contributed by atoms with Crippen LogP contribution in [0.15, 0.2) is 41.8 Å². The molecule has 1 saturated carbocycles. The highest BCUT2D eigenvalue weighted by atomic mass is 32.2. The van der Waals surface area contributed by atoms with E-state index in [1.165, 1.54) is 6.33 Å². The molecular weight excluding hydrogens is 402 g/mol. The van der Waals surface area contributed by atoms with Crippen molar-refractivity contribution < 1.29 is 13.2 Å². The van der Waals surface area contributed by atoms with E-state index in [1.54, 1.807) is 41.3 Å². The summed E-state index contributed by atoms with van der Waals surface area (Å²) in [7, 11) is -0.115.